The Balaban J connectivity index is 2.40. The number of alkyl halides is 3. The van der Waals surface area contributed by atoms with Gasteiger partial charge in [0.2, 0.25) is 5.91 Å². The summed E-state index contributed by atoms with van der Waals surface area (Å²) in [6.45, 7) is 10.0. The largest absolute Gasteiger partial charge is 0.493 e. The van der Waals surface area contributed by atoms with Crippen molar-refractivity contribution in [3.63, 3.8) is 0 Å². The summed E-state index contributed by atoms with van der Waals surface area (Å²) in [6, 6.07) is 7.85. The lowest BCUT2D eigenvalue weighted by molar-refractivity contribution is -0.138. The summed E-state index contributed by atoms with van der Waals surface area (Å²) in [4.78, 5) is 14.1. The van der Waals surface area contributed by atoms with Crippen LogP contribution in [0.3, 0.4) is 0 Å². The number of methoxy groups -OCH3 is 1. The number of carbonyl (C=O) groups is 1. The minimum atomic E-state index is -4.71. The van der Waals surface area contributed by atoms with Crippen molar-refractivity contribution < 1.29 is 35.3 Å². The molecule has 0 fully saturated rings. The molecule has 2 aromatic carbocycles. The molecule has 1 atom stereocenters. The van der Waals surface area contributed by atoms with Crippen molar-refractivity contribution in [2.24, 2.45) is 5.41 Å². The Morgan fingerprint density at radius 3 is 2.26 bits per heavy atom. The van der Waals surface area contributed by atoms with Crippen LogP contribution in [0.5, 0.6) is 11.5 Å². The second kappa shape index (κ2) is 10.9. The number of halogens is 3. The molecule has 6 nitrogen and oxygen atoms in total. The molecule has 0 aliphatic carbocycles. The van der Waals surface area contributed by atoms with Crippen LogP contribution in [-0.2, 0) is 27.6 Å². The SMILES string of the molecule is CC[C@@H](C)N(Cc1ccc(OC)c(OS(=O)(=O)c2cccc(C(F)(F)F)c2)c1)C(=O)CC(C)(C)C. The molecule has 0 N–H and O–H groups in total. The van der Waals surface area contributed by atoms with E-state index in [1.165, 1.54) is 19.2 Å². The van der Waals surface area contributed by atoms with Gasteiger partial charge < -0.3 is 13.8 Å². The molecule has 0 heterocycles. The molecule has 0 bridgehead atoms. The number of amides is 1. The van der Waals surface area contributed by atoms with Gasteiger partial charge in [-0.25, -0.2) is 0 Å². The molecular weight excluding hydrogens is 483 g/mol. The van der Waals surface area contributed by atoms with Gasteiger partial charge in [0.1, 0.15) is 4.90 Å². The van der Waals surface area contributed by atoms with Crippen molar-refractivity contribution in [3.8, 4) is 11.5 Å². The predicted molar refractivity (Wildman–Crippen MR) is 127 cm³/mol. The first kappa shape index (κ1) is 28.5. The average molecular weight is 516 g/mol. The number of nitrogens with zero attached hydrogens (tertiary/aromatic N) is 1. The number of hydrogen-bond acceptors (Lipinski definition) is 5. The van der Waals surface area contributed by atoms with Gasteiger partial charge >= 0.3 is 16.3 Å². The van der Waals surface area contributed by atoms with Gasteiger partial charge in [0.05, 0.1) is 12.7 Å². The van der Waals surface area contributed by atoms with Gasteiger partial charge in [0.15, 0.2) is 11.5 Å². The Morgan fingerprint density at radius 2 is 1.71 bits per heavy atom. The maximum Gasteiger partial charge on any atom is 0.416 e. The van der Waals surface area contributed by atoms with Gasteiger partial charge in [-0.2, -0.15) is 21.6 Å². The molecule has 0 saturated heterocycles. The highest BCUT2D eigenvalue weighted by Crippen LogP contribution is 2.34. The van der Waals surface area contributed by atoms with Crippen LogP contribution in [0.15, 0.2) is 47.4 Å². The van der Waals surface area contributed by atoms with E-state index in [0.29, 0.717) is 18.1 Å². The first-order valence-corrected chi connectivity index (χ1v) is 12.6. The molecule has 0 aliphatic rings. The molecule has 194 valence electrons. The minimum absolute atomic E-state index is 0.0401. The highest BCUT2D eigenvalue weighted by Gasteiger charge is 2.32. The molecule has 0 radical (unpaired) electrons. The Hall–Kier alpha value is -2.75. The Bertz CT molecular complexity index is 1140. The predicted octanol–water partition coefficient (Wildman–Crippen LogP) is 6.05. The standard InChI is InChI=1S/C25H32F3NO5S/c1-7-17(2)29(23(30)15-24(3,4)5)16-18-11-12-21(33-6)22(13-18)34-35(31,32)20-10-8-9-19(14-20)25(26,27)28/h8-14,17H,7,15-16H2,1-6H3/t17-/m1/s1. The van der Waals surface area contributed by atoms with Crippen molar-refractivity contribution in [1.82, 2.24) is 4.90 Å². The summed E-state index contributed by atoms with van der Waals surface area (Å²) in [5, 5.41) is 0. The summed E-state index contributed by atoms with van der Waals surface area (Å²) in [6.07, 6.45) is -3.65. The van der Waals surface area contributed by atoms with Crippen LogP contribution in [-0.4, -0.2) is 32.4 Å². The van der Waals surface area contributed by atoms with Gasteiger partial charge in [-0.1, -0.05) is 39.8 Å². The fraction of sp³-hybridized carbons (Fsp3) is 0.480. The molecular formula is C25H32F3NO5S. The van der Waals surface area contributed by atoms with Crippen molar-refractivity contribution in [2.75, 3.05) is 7.11 Å². The zero-order valence-corrected chi connectivity index (χ0v) is 21.6. The van der Waals surface area contributed by atoms with E-state index in [0.717, 1.165) is 24.6 Å². The molecule has 0 spiro atoms. The molecule has 35 heavy (non-hydrogen) atoms. The fourth-order valence-electron chi connectivity index (χ4n) is 3.34. The van der Waals surface area contributed by atoms with Crippen LogP contribution in [0.1, 0.15) is 58.6 Å². The second-order valence-corrected chi connectivity index (χ2v) is 11.1. The van der Waals surface area contributed by atoms with E-state index < -0.39 is 26.8 Å². The molecule has 0 aromatic heterocycles. The maximum atomic E-state index is 13.1. The average Bonchev–Trinajstić information content (AvgIpc) is 2.75. The van der Waals surface area contributed by atoms with Crippen LogP contribution >= 0.6 is 0 Å². The van der Waals surface area contributed by atoms with Crippen LogP contribution in [0.25, 0.3) is 0 Å². The smallest absolute Gasteiger partial charge is 0.416 e. The van der Waals surface area contributed by atoms with Gasteiger partial charge in [-0.3, -0.25) is 4.79 Å². The van der Waals surface area contributed by atoms with Crippen molar-refractivity contribution in [1.29, 1.82) is 0 Å². The van der Waals surface area contributed by atoms with Gasteiger partial charge in [-0.05, 0) is 54.7 Å². The Labute approximate surface area is 205 Å². The van der Waals surface area contributed by atoms with E-state index in [1.54, 1.807) is 11.0 Å². The lowest BCUT2D eigenvalue weighted by Crippen LogP contribution is -2.39. The van der Waals surface area contributed by atoms with Crippen molar-refractivity contribution in [3.05, 3.63) is 53.6 Å². The lowest BCUT2D eigenvalue weighted by atomic mass is 9.91. The summed E-state index contributed by atoms with van der Waals surface area (Å²) in [7, 11) is -3.28. The summed E-state index contributed by atoms with van der Waals surface area (Å²) < 4.78 is 75.1. The number of rotatable bonds is 9. The van der Waals surface area contributed by atoms with Crippen molar-refractivity contribution >= 4 is 16.0 Å². The van der Waals surface area contributed by atoms with E-state index in [-0.39, 0.29) is 35.4 Å². The summed E-state index contributed by atoms with van der Waals surface area (Å²) in [5.41, 5.74) is -0.734. The molecule has 0 aliphatic heterocycles. The molecule has 0 unspecified atom stereocenters. The van der Waals surface area contributed by atoms with Gasteiger partial charge in [-0.15, -0.1) is 0 Å². The molecule has 10 heteroatoms. The molecule has 0 saturated carbocycles. The van der Waals surface area contributed by atoms with Gasteiger partial charge in [0.25, 0.3) is 0 Å². The molecule has 2 rings (SSSR count). The van der Waals surface area contributed by atoms with E-state index >= 15 is 0 Å². The quantitative estimate of drug-likeness (QED) is 0.381. The number of hydrogen-bond donors (Lipinski definition) is 0. The third-order valence-electron chi connectivity index (χ3n) is 5.36. The van der Waals surface area contributed by atoms with Crippen LogP contribution < -0.4 is 8.92 Å². The van der Waals surface area contributed by atoms with Crippen LogP contribution in [0.2, 0.25) is 0 Å². The zero-order valence-electron chi connectivity index (χ0n) is 20.8. The maximum absolute atomic E-state index is 13.1. The first-order chi connectivity index (χ1) is 16.1. The zero-order chi connectivity index (χ0) is 26.6. The topological polar surface area (TPSA) is 72.9 Å². The lowest BCUT2D eigenvalue weighted by Gasteiger charge is -2.31. The number of benzene rings is 2. The highest BCUT2D eigenvalue weighted by atomic mass is 32.2. The first-order valence-electron chi connectivity index (χ1n) is 11.2. The van der Waals surface area contributed by atoms with Crippen LogP contribution in [0, 0.1) is 5.41 Å². The van der Waals surface area contributed by atoms with E-state index in [9.17, 15) is 26.4 Å². The number of ether oxygens (including phenoxy) is 1. The van der Waals surface area contributed by atoms with E-state index in [2.05, 4.69) is 0 Å². The van der Waals surface area contributed by atoms with Crippen molar-refractivity contribution in [2.45, 2.75) is 71.1 Å². The minimum Gasteiger partial charge on any atom is -0.493 e. The monoisotopic (exact) mass is 515 g/mol. The fourth-order valence-corrected chi connectivity index (χ4v) is 4.32. The normalized spacial score (nSPS) is 13.3. The summed E-state index contributed by atoms with van der Waals surface area (Å²) in [5.74, 6) is -0.142. The number of carbonyl (C=O) groups excluding carboxylic acids is 1. The second-order valence-electron chi connectivity index (χ2n) is 9.56. The molecule has 1 amide bonds. The van der Waals surface area contributed by atoms with E-state index in [1.807, 2.05) is 34.6 Å². The van der Waals surface area contributed by atoms with Gasteiger partial charge in [0, 0.05) is 19.0 Å². The highest BCUT2D eigenvalue weighted by molar-refractivity contribution is 7.87. The third kappa shape index (κ3) is 7.88. The third-order valence-corrected chi connectivity index (χ3v) is 6.59. The van der Waals surface area contributed by atoms with E-state index in [4.69, 9.17) is 8.92 Å². The Morgan fingerprint density at radius 1 is 1.06 bits per heavy atom. The Kier molecular flexibility index (Phi) is 8.86. The van der Waals surface area contributed by atoms with Crippen LogP contribution in [0.4, 0.5) is 13.2 Å². The summed E-state index contributed by atoms with van der Waals surface area (Å²) >= 11 is 0. The molecule has 2 aromatic rings.